The van der Waals surface area contributed by atoms with Crippen LogP contribution in [-0.4, -0.2) is 48.8 Å². The molecule has 0 aliphatic carbocycles. The lowest BCUT2D eigenvalue weighted by molar-refractivity contribution is -0.121. The number of amides is 3. The third-order valence-electron chi connectivity index (χ3n) is 4.22. The van der Waals surface area contributed by atoms with E-state index in [1.165, 1.54) is 0 Å². The molecule has 2 aliphatic heterocycles. The highest BCUT2D eigenvalue weighted by molar-refractivity contribution is 9.10. The lowest BCUT2D eigenvalue weighted by Gasteiger charge is -2.23. The van der Waals surface area contributed by atoms with Crippen molar-refractivity contribution in [3.63, 3.8) is 0 Å². The Balaban J connectivity index is 0.00000208. The second kappa shape index (κ2) is 8.09. The molecule has 1 saturated heterocycles. The SMILES string of the molecule is Cl.O=C(CN1C(=O)c2ccc(Br)cc2C1=O)NCC1CCCNC1. The van der Waals surface area contributed by atoms with Crippen molar-refractivity contribution in [2.45, 2.75) is 12.8 Å². The molecule has 2 heterocycles. The van der Waals surface area contributed by atoms with Gasteiger partial charge in [0.25, 0.3) is 11.8 Å². The maximum absolute atomic E-state index is 12.3. The number of hydrogen-bond acceptors (Lipinski definition) is 4. The average molecular weight is 417 g/mol. The Kier molecular flexibility index (Phi) is 6.37. The summed E-state index contributed by atoms with van der Waals surface area (Å²) in [6, 6.07) is 4.93. The van der Waals surface area contributed by atoms with Crippen molar-refractivity contribution in [1.29, 1.82) is 0 Å². The van der Waals surface area contributed by atoms with Gasteiger partial charge in [0.15, 0.2) is 0 Å². The number of halogens is 2. The van der Waals surface area contributed by atoms with Crippen LogP contribution in [0.3, 0.4) is 0 Å². The first kappa shape index (κ1) is 18.9. The number of benzene rings is 1. The van der Waals surface area contributed by atoms with Crippen LogP contribution in [0.1, 0.15) is 33.6 Å². The van der Waals surface area contributed by atoms with Crippen molar-refractivity contribution in [3.8, 4) is 0 Å². The highest BCUT2D eigenvalue weighted by Gasteiger charge is 2.36. The number of carbonyl (C=O) groups excluding carboxylic acids is 3. The number of nitrogens with one attached hydrogen (secondary N) is 2. The van der Waals surface area contributed by atoms with E-state index in [0.29, 0.717) is 23.6 Å². The highest BCUT2D eigenvalue weighted by atomic mass is 79.9. The van der Waals surface area contributed by atoms with Gasteiger partial charge in [0.05, 0.1) is 11.1 Å². The molecular weight excluding hydrogens is 398 g/mol. The number of piperidine rings is 1. The van der Waals surface area contributed by atoms with Crippen LogP contribution in [0.15, 0.2) is 22.7 Å². The molecule has 0 aromatic heterocycles. The Morgan fingerprint density at radius 3 is 2.75 bits per heavy atom. The van der Waals surface area contributed by atoms with Crippen LogP contribution >= 0.6 is 28.3 Å². The van der Waals surface area contributed by atoms with Crippen molar-refractivity contribution in [1.82, 2.24) is 15.5 Å². The van der Waals surface area contributed by atoms with Gasteiger partial charge in [-0.15, -0.1) is 12.4 Å². The highest BCUT2D eigenvalue weighted by Crippen LogP contribution is 2.25. The standard InChI is InChI=1S/C16H18BrN3O3.ClH/c17-11-3-4-12-13(6-11)16(23)20(15(12)22)9-14(21)19-8-10-2-1-5-18-7-10;/h3-4,6,10,18H,1-2,5,7-9H2,(H,19,21);1H. The first-order chi connectivity index (χ1) is 11.1. The van der Waals surface area contributed by atoms with Crippen molar-refractivity contribution >= 4 is 46.1 Å². The molecule has 2 aliphatic rings. The molecule has 1 unspecified atom stereocenters. The van der Waals surface area contributed by atoms with E-state index in [1.807, 2.05) is 0 Å². The Bertz CT molecular complexity index is 662. The quantitative estimate of drug-likeness (QED) is 0.731. The summed E-state index contributed by atoms with van der Waals surface area (Å²) in [7, 11) is 0. The summed E-state index contributed by atoms with van der Waals surface area (Å²) in [6.07, 6.45) is 2.18. The van der Waals surface area contributed by atoms with Gasteiger partial charge in [0.2, 0.25) is 5.91 Å². The summed E-state index contributed by atoms with van der Waals surface area (Å²) in [5, 5.41) is 6.11. The van der Waals surface area contributed by atoms with E-state index >= 15 is 0 Å². The van der Waals surface area contributed by atoms with E-state index < -0.39 is 11.8 Å². The van der Waals surface area contributed by atoms with Crippen LogP contribution in [0, 0.1) is 5.92 Å². The molecule has 24 heavy (non-hydrogen) atoms. The topological polar surface area (TPSA) is 78.5 Å². The second-order valence-electron chi connectivity index (χ2n) is 5.90. The third kappa shape index (κ3) is 3.96. The van der Waals surface area contributed by atoms with Gasteiger partial charge in [-0.2, -0.15) is 0 Å². The van der Waals surface area contributed by atoms with Gasteiger partial charge in [0, 0.05) is 11.0 Å². The molecule has 8 heteroatoms. The number of hydrogen-bond donors (Lipinski definition) is 2. The first-order valence-electron chi connectivity index (χ1n) is 7.69. The summed E-state index contributed by atoms with van der Waals surface area (Å²) >= 11 is 3.28. The van der Waals surface area contributed by atoms with Crippen LogP contribution in [0.4, 0.5) is 0 Å². The maximum Gasteiger partial charge on any atom is 0.262 e. The van der Waals surface area contributed by atoms with Crippen LogP contribution in [0.25, 0.3) is 0 Å². The zero-order chi connectivity index (χ0) is 16.4. The lowest BCUT2D eigenvalue weighted by Crippen LogP contribution is -2.43. The number of nitrogens with zero attached hydrogens (tertiary/aromatic N) is 1. The predicted octanol–water partition coefficient (Wildman–Crippen LogP) is 1.58. The Hall–Kier alpha value is -1.44. The van der Waals surface area contributed by atoms with Crippen molar-refractivity contribution < 1.29 is 14.4 Å². The largest absolute Gasteiger partial charge is 0.354 e. The fraction of sp³-hybridized carbons (Fsp3) is 0.438. The molecule has 130 valence electrons. The lowest BCUT2D eigenvalue weighted by atomic mass is 10.00. The van der Waals surface area contributed by atoms with Crippen LogP contribution in [0.5, 0.6) is 0 Å². The molecule has 0 radical (unpaired) electrons. The normalized spacial score (nSPS) is 19.7. The van der Waals surface area contributed by atoms with Gasteiger partial charge >= 0.3 is 0 Å². The minimum atomic E-state index is -0.416. The third-order valence-corrected chi connectivity index (χ3v) is 4.71. The van der Waals surface area contributed by atoms with Crippen LogP contribution < -0.4 is 10.6 Å². The molecule has 3 rings (SSSR count). The summed E-state index contributed by atoms with van der Waals surface area (Å²) in [6.45, 7) is 2.25. The summed E-state index contributed by atoms with van der Waals surface area (Å²) in [5.41, 5.74) is 0.691. The molecule has 6 nitrogen and oxygen atoms in total. The van der Waals surface area contributed by atoms with Gasteiger partial charge in [-0.1, -0.05) is 15.9 Å². The molecule has 0 spiro atoms. The average Bonchev–Trinajstić information content (AvgIpc) is 2.78. The first-order valence-corrected chi connectivity index (χ1v) is 8.48. The smallest absolute Gasteiger partial charge is 0.262 e. The fourth-order valence-electron chi connectivity index (χ4n) is 2.96. The van der Waals surface area contributed by atoms with E-state index in [9.17, 15) is 14.4 Å². The van der Waals surface area contributed by atoms with Gasteiger partial charge in [-0.05, 0) is 50.0 Å². The second-order valence-corrected chi connectivity index (χ2v) is 6.82. The van der Waals surface area contributed by atoms with E-state index in [1.54, 1.807) is 18.2 Å². The van der Waals surface area contributed by atoms with Crippen molar-refractivity contribution in [2.24, 2.45) is 5.92 Å². The van der Waals surface area contributed by atoms with Crippen molar-refractivity contribution in [3.05, 3.63) is 33.8 Å². The Morgan fingerprint density at radius 1 is 1.29 bits per heavy atom. The minimum Gasteiger partial charge on any atom is -0.354 e. The molecule has 1 atom stereocenters. The zero-order valence-corrected chi connectivity index (χ0v) is 15.4. The van der Waals surface area contributed by atoms with E-state index in [2.05, 4.69) is 26.6 Å². The van der Waals surface area contributed by atoms with Gasteiger partial charge in [-0.3, -0.25) is 19.3 Å². The number of rotatable bonds is 4. The number of carbonyl (C=O) groups is 3. The van der Waals surface area contributed by atoms with Crippen LogP contribution in [0.2, 0.25) is 0 Å². The molecule has 0 saturated carbocycles. The molecule has 0 bridgehead atoms. The van der Waals surface area contributed by atoms with E-state index in [4.69, 9.17) is 0 Å². The Labute approximate surface area is 154 Å². The monoisotopic (exact) mass is 415 g/mol. The van der Waals surface area contributed by atoms with Crippen LogP contribution in [-0.2, 0) is 4.79 Å². The molecule has 1 aromatic carbocycles. The molecule has 1 aromatic rings. The minimum absolute atomic E-state index is 0. The van der Waals surface area contributed by atoms with Gasteiger partial charge in [-0.25, -0.2) is 0 Å². The number of fused-ring (bicyclic) bond motifs is 1. The van der Waals surface area contributed by atoms with E-state index in [0.717, 1.165) is 35.3 Å². The summed E-state index contributed by atoms with van der Waals surface area (Å²) in [4.78, 5) is 37.6. The molecule has 2 N–H and O–H groups in total. The zero-order valence-electron chi connectivity index (χ0n) is 13.0. The maximum atomic E-state index is 12.3. The molecule has 3 amide bonds. The molecular formula is C16H19BrClN3O3. The fourth-order valence-corrected chi connectivity index (χ4v) is 3.32. The van der Waals surface area contributed by atoms with Crippen molar-refractivity contribution in [2.75, 3.05) is 26.2 Å². The Morgan fingerprint density at radius 2 is 2.04 bits per heavy atom. The molecule has 1 fully saturated rings. The predicted molar refractivity (Wildman–Crippen MR) is 95.4 cm³/mol. The van der Waals surface area contributed by atoms with Gasteiger partial charge in [0.1, 0.15) is 6.54 Å². The summed E-state index contributed by atoms with van der Waals surface area (Å²) < 4.78 is 0.730. The number of imide groups is 1. The van der Waals surface area contributed by atoms with Gasteiger partial charge < -0.3 is 10.6 Å². The summed E-state index contributed by atoms with van der Waals surface area (Å²) in [5.74, 6) is -0.720. The van der Waals surface area contributed by atoms with E-state index in [-0.39, 0.29) is 24.9 Å².